The van der Waals surface area contributed by atoms with Gasteiger partial charge in [0.05, 0.1) is 27.8 Å². The summed E-state index contributed by atoms with van der Waals surface area (Å²) in [5.74, 6) is 0.292. The van der Waals surface area contributed by atoms with Crippen LogP contribution in [0, 0.1) is 22.7 Å². The normalized spacial score (nSPS) is 10.2. The van der Waals surface area contributed by atoms with Crippen molar-refractivity contribution >= 4 is 28.6 Å². The van der Waals surface area contributed by atoms with E-state index >= 15 is 0 Å². The number of fused-ring (bicyclic) bond motifs is 1. The maximum absolute atomic E-state index is 9.12. The van der Waals surface area contributed by atoms with Gasteiger partial charge in [0.2, 0.25) is 5.95 Å². The minimum atomic E-state index is 0.292. The van der Waals surface area contributed by atoms with Crippen LogP contribution in [0.2, 0.25) is 5.02 Å². The summed E-state index contributed by atoms with van der Waals surface area (Å²) in [5, 5.41) is 18.7. The smallest absolute Gasteiger partial charge is 0.205 e. The third-order valence-electron chi connectivity index (χ3n) is 3.14. The molecule has 0 saturated carbocycles. The number of nitrogens with zero attached hydrogens (tertiary/aromatic N) is 4. The molecule has 0 aliphatic carbocycles. The fourth-order valence-electron chi connectivity index (χ4n) is 2.20. The van der Waals surface area contributed by atoms with Crippen LogP contribution in [0.1, 0.15) is 11.1 Å². The standard InChI is InChI=1S/C15H8ClN5/c16-11-2-4-14-13(6-11)20-15(19)21(14)12-3-1-9(7-17)10(5-12)8-18/h1-6H,(H2,19,20). The highest BCUT2D eigenvalue weighted by Crippen LogP contribution is 2.26. The molecule has 0 aliphatic heterocycles. The van der Waals surface area contributed by atoms with E-state index in [-0.39, 0.29) is 0 Å². The van der Waals surface area contributed by atoms with Crippen LogP contribution in [0.15, 0.2) is 36.4 Å². The molecule has 3 rings (SSSR count). The number of hydrogen-bond donors (Lipinski definition) is 1. The maximum Gasteiger partial charge on any atom is 0.205 e. The van der Waals surface area contributed by atoms with Gasteiger partial charge in [-0.05, 0) is 36.4 Å². The Morgan fingerprint density at radius 3 is 2.52 bits per heavy atom. The van der Waals surface area contributed by atoms with Crippen LogP contribution < -0.4 is 5.73 Å². The van der Waals surface area contributed by atoms with E-state index in [2.05, 4.69) is 4.98 Å². The van der Waals surface area contributed by atoms with E-state index in [9.17, 15) is 0 Å². The Morgan fingerprint density at radius 2 is 1.81 bits per heavy atom. The van der Waals surface area contributed by atoms with E-state index in [1.807, 2.05) is 18.2 Å². The van der Waals surface area contributed by atoms with Crippen LogP contribution in [0.3, 0.4) is 0 Å². The molecular weight excluding hydrogens is 286 g/mol. The zero-order chi connectivity index (χ0) is 15.0. The lowest BCUT2D eigenvalue weighted by atomic mass is 10.1. The van der Waals surface area contributed by atoms with Crippen molar-refractivity contribution in [2.24, 2.45) is 0 Å². The summed E-state index contributed by atoms with van der Waals surface area (Å²) in [6, 6.07) is 14.2. The molecule has 100 valence electrons. The average molecular weight is 294 g/mol. The summed E-state index contributed by atoms with van der Waals surface area (Å²) in [4.78, 5) is 4.26. The topological polar surface area (TPSA) is 91.4 Å². The van der Waals surface area contributed by atoms with Crippen LogP contribution >= 0.6 is 11.6 Å². The molecule has 0 bridgehead atoms. The lowest BCUT2D eigenvalue weighted by Crippen LogP contribution is -2.01. The zero-order valence-electron chi connectivity index (χ0n) is 10.7. The molecule has 0 unspecified atom stereocenters. The van der Waals surface area contributed by atoms with Crippen molar-refractivity contribution < 1.29 is 0 Å². The quantitative estimate of drug-likeness (QED) is 0.746. The van der Waals surface area contributed by atoms with Gasteiger partial charge < -0.3 is 5.73 Å². The first-order chi connectivity index (χ1) is 10.1. The highest BCUT2D eigenvalue weighted by atomic mass is 35.5. The molecule has 3 aromatic rings. The molecule has 0 aliphatic rings. The van der Waals surface area contributed by atoms with E-state index in [0.29, 0.717) is 33.3 Å². The van der Waals surface area contributed by atoms with E-state index in [1.54, 1.807) is 34.9 Å². The van der Waals surface area contributed by atoms with Crippen molar-refractivity contribution in [3.8, 4) is 17.8 Å². The first kappa shape index (κ1) is 13.0. The lowest BCUT2D eigenvalue weighted by Gasteiger charge is -2.07. The molecule has 0 saturated heterocycles. The molecular formula is C15H8ClN5. The Morgan fingerprint density at radius 1 is 1.05 bits per heavy atom. The molecule has 2 N–H and O–H groups in total. The molecule has 2 aromatic carbocycles. The van der Waals surface area contributed by atoms with Gasteiger partial charge >= 0.3 is 0 Å². The summed E-state index contributed by atoms with van der Waals surface area (Å²) in [6.07, 6.45) is 0. The van der Waals surface area contributed by atoms with Crippen LogP contribution in [0.4, 0.5) is 5.95 Å². The van der Waals surface area contributed by atoms with Crippen LogP contribution in [0.5, 0.6) is 0 Å². The first-order valence-corrected chi connectivity index (χ1v) is 6.40. The number of rotatable bonds is 1. The number of halogens is 1. The summed E-state index contributed by atoms with van der Waals surface area (Å²) < 4.78 is 1.72. The number of nitrogens with two attached hydrogens (primary N) is 1. The maximum atomic E-state index is 9.12. The Balaban J connectivity index is 2.29. The minimum Gasteiger partial charge on any atom is -0.369 e. The fourth-order valence-corrected chi connectivity index (χ4v) is 2.37. The highest BCUT2D eigenvalue weighted by molar-refractivity contribution is 6.31. The van der Waals surface area contributed by atoms with E-state index in [4.69, 9.17) is 27.9 Å². The molecule has 0 radical (unpaired) electrons. The van der Waals surface area contributed by atoms with Crippen molar-refractivity contribution in [2.45, 2.75) is 0 Å². The Kier molecular flexibility index (Phi) is 2.98. The van der Waals surface area contributed by atoms with Gasteiger partial charge in [0.25, 0.3) is 0 Å². The van der Waals surface area contributed by atoms with Gasteiger partial charge in [-0.3, -0.25) is 4.57 Å². The number of aromatic nitrogens is 2. The highest BCUT2D eigenvalue weighted by Gasteiger charge is 2.12. The largest absolute Gasteiger partial charge is 0.369 e. The predicted octanol–water partition coefficient (Wildman–Crippen LogP) is 3.00. The molecule has 0 fully saturated rings. The van der Waals surface area contributed by atoms with Crippen molar-refractivity contribution in [1.82, 2.24) is 9.55 Å². The number of hydrogen-bond acceptors (Lipinski definition) is 4. The third kappa shape index (κ3) is 2.06. The van der Waals surface area contributed by atoms with E-state index in [0.717, 1.165) is 5.52 Å². The zero-order valence-corrected chi connectivity index (χ0v) is 11.5. The van der Waals surface area contributed by atoms with Crippen LogP contribution in [-0.2, 0) is 0 Å². The minimum absolute atomic E-state index is 0.292. The second-order valence-corrected chi connectivity index (χ2v) is 4.83. The Bertz CT molecular complexity index is 943. The molecule has 21 heavy (non-hydrogen) atoms. The van der Waals surface area contributed by atoms with Gasteiger partial charge in [0.15, 0.2) is 0 Å². The number of nitrogen functional groups attached to an aromatic ring is 1. The molecule has 6 heteroatoms. The second-order valence-electron chi connectivity index (χ2n) is 4.39. The molecule has 5 nitrogen and oxygen atoms in total. The molecule has 1 heterocycles. The van der Waals surface area contributed by atoms with E-state index < -0.39 is 0 Å². The molecule has 0 amide bonds. The number of nitriles is 2. The van der Waals surface area contributed by atoms with E-state index in [1.165, 1.54) is 0 Å². The average Bonchev–Trinajstić information content (AvgIpc) is 2.81. The van der Waals surface area contributed by atoms with Gasteiger partial charge in [0, 0.05) is 5.02 Å². The number of anilines is 1. The van der Waals surface area contributed by atoms with Crippen molar-refractivity contribution in [1.29, 1.82) is 10.5 Å². The van der Waals surface area contributed by atoms with Crippen LogP contribution in [0.25, 0.3) is 16.7 Å². The molecule has 0 atom stereocenters. The Labute approximate surface area is 125 Å². The van der Waals surface area contributed by atoms with Crippen molar-refractivity contribution in [2.75, 3.05) is 5.73 Å². The summed E-state index contributed by atoms with van der Waals surface area (Å²) in [7, 11) is 0. The van der Waals surface area contributed by atoms with Crippen LogP contribution in [-0.4, -0.2) is 9.55 Å². The van der Waals surface area contributed by atoms with Gasteiger partial charge in [-0.1, -0.05) is 11.6 Å². The third-order valence-corrected chi connectivity index (χ3v) is 3.38. The number of benzene rings is 2. The second kappa shape index (κ2) is 4.82. The predicted molar refractivity (Wildman–Crippen MR) is 79.9 cm³/mol. The monoisotopic (exact) mass is 293 g/mol. The SMILES string of the molecule is N#Cc1ccc(-n2c(N)nc3cc(Cl)ccc32)cc1C#N. The first-order valence-electron chi connectivity index (χ1n) is 6.02. The summed E-state index contributed by atoms with van der Waals surface area (Å²) >= 11 is 5.94. The summed E-state index contributed by atoms with van der Waals surface area (Å²) in [5.41, 5.74) is 8.71. The van der Waals surface area contributed by atoms with Gasteiger partial charge in [-0.15, -0.1) is 0 Å². The Hall–Kier alpha value is -3.02. The van der Waals surface area contributed by atoms with Crippen molar-refractivity contribution in [3.63, 3.8) is 0 Å². The van der Waals surface area contributed by atoms with Gasteiger partial charge in [0.1, 0.15) is 12.1 Å². The fraction of sp³-hybridized carbons (Fsp3) is 0. The summed E-state index contributed by atoms with van der Waals surface area (Å²) in [6.45, 7) is 0. The lowest BCUT2D eigenvalue weighted by molar-refractivity contribution is 1.11. The van der Waals surface area contributed by atoms with Crippen molar-refractivity contribution in [3.05, 3.63) is 52.5 Å². The molecule has 0 spiro atoms. The van der Waals surface area contributed by atoms with Gasteiger partial charge in [-0.25, -0.2) is 4.98 Å². The molecule has 1 aromatic heterocycles. The van der Waals surface area contributed by atoms with Gasteiger partial charge in [-0.2, -0.15) is 10.5 Å². The number of imidazole rings is 1.